The van der Waals surface area contributed by atoms with Gasteiger partial charge in [-0.3, -0.25) is 4.79 Å². The summed E-state index contributed by atoms with van der Waals surface area (Å²) in [6, 6.07) is 7.50. The number of pyridine rings is 1. The monoisotopic (exact) mass is 309 g/mol. The predicted octanol–water partition coefficient (Wildman–Crippen LogP) is 3.33. The van der Waals surface area contributed by atoms with Crippen molar-refractivity contribution in [1.29, 1.82) is 0 Å². The molecule has 0 aliphatic heterocycles. The number of anilines is 1. The van der Waals surface area contributed by atoms with Gasteiger partial charge in [-0.15, -0.1) is 11.3 Å². The molecule has 0 bridgehead atoms. The van der Waals surface area contributed by atoms with Gasteiger partial charge in [-0.25, -0.2) is 4.98 Å². The number of aromatic nitrogens is 1. The van der Waals surface area contributed by atoms with Crippen LogP contribution in [0.25, 0.3) is 0 Å². The maximum absolute atomic E-state index is 12.1. The Bertz CT molecular complexity index is 612. The van der Waals surface area contributed by atoms with Gasteiger partial charge in [0.1, 0.15) is 11.5 Å². The Hall–Kier alpha value is -1.59. The molecular formula is C14H16ClN3OS. The maximum atomic E-state index is 12.1. The van der Waals surface area contributed by atoms with Crippen LogP contribution in [0.4, 0.5) is 5.82 Å². The molecule has 4 nitrogen and oxygen atoms in total. The summed E-state index contributed by atoms with van der Waals surface area (Å²) in [5.74, 6) is 0.350. The summed E-state index contributed by atoms with van der Waals surface area (Å²) in [5, 5.41) is 6.08. The molecule has 2 aromatic heterocycles. The number of hydrogen-bond donors (Lipinski definition) is 2. The van der Waals surface area contributed by atoms with Crippen LogP contribution in [-0.2, 0) is 13.0 Å². The molecule has 1 amide bonds. The summed E-state index contributed by atoms with van der Waals surface area (Å²) in [7, 11) is 1.75. The van der Waals surface area contributed by atoms with Gasteiger partial charge in [0, 0.05) is 16.8 Å². The van der Waals surface area contributed by atoms with Crippen molar-refractivity contribution in [3.63, 3.8) is 0 Å². The Labute approximate surface area is 127 Å². The van der Waals surface area contributed by atoms with Gasteiger partial charge in [0.2, 0.25) is 0 Å². The molecule has 20 heavy (non-hydrogen) atoms. The molecule has 0 radical (unpaired) electrons. The third-order valence-corrected chi connectivity index (χ3v) is 4.34. The lowest BCUT2D eigenvalue weighted by Gasteiger charge is -2.07. The summed E-state index contributed by atoms with van der Waals surface area (Å²) in [5.41, 5.74) is 0.241. The minimum absolute atomic E-state index is 0.241. The highest BCUT2D eigenvalue weighted by molar-refractivity contribution is 7.11. The van der Waals surface area contributed by atoms with E-state index in [2.05, 4.69) is 28.6 Å². The number of nitrogens with zero attached hydrogens (tertiary/aromatic N) is 1. The van der Waals surface area contributed by atoms with Gasteiger partial charge in [0.25, 0.3) is 5.91 Å². The van der Waals surface area contributed by atoms with Crippen molar-refractivity contribution in [3.05, 3.63) is 44.7 Å². The second kappa shape index (κ2) is 6.72. The molecule has 0 atom stereocenters. The zero-order chi connectivity index (χ0) is 14.5. The number of halogens is 1. The molecule has 0 saturated carbocycles. The number of carbonyl (C=O) groups excluding carboxylic acids is 1. The van der Waals surface area contributed by atoms with Crippen LogP contribution in [0.15, 0.2) is 24.3 Å². The Morgan fingerprint density at radius 1 is 1.30 bits per heavy atom. The van der Waals surface area contributed by atoms with Crippen LogP contribution in [0, 0.1) is 0 Å². The molecule has 6 heteroatoms. The van der Waals surface area contributed by atoms with Gasteiger partial charge >= 0.3 is 0 Å². The van der Waals surface area contributed by atoms with Crippen molar-refractivity contribution in [3.8, 4) is 0 Å². The zero-order valence-corrected chi connectivity index (χ0v) is 12.9. The van der Waals surface area contributed by atoms with Crippen LogP contribution < -0.4 is 10.6 Å². The number of carbonyl (C=O) groups is 1. The van der Waals surface area contributed by atoms with Gasteiger partial charge in [-0.05, 0) is 30.7 Å². The molecule has 106 valence electrons. The summed E-state index contributed by atoms with van der Waals surface area (Å²) >= 11 is 7.71. The van der Waals surface area contributed by atoms with Gasteiger partial charge < -0.3 is 10.6 Å². The molecule has 2 N–H and O–H groups in total. The average Bonchev–Trinajstić information content (AvgIpc) is 2.93. The molecule has 2 heterocycles. The number of thiophene rings is 1. The first kappa shape index (κ1) is 14.8. The summed E-state index contributed by atoms with van der Waals surface area (Å²) in [6.45, 7) is 2.60. The lowest BCUT2D eigenvalue weighted by molar-refractivity contribution is 0.0946. The molecule has 0 aliphatic carbocycles. The highest BCUT2D eigenvalue weighted by Crippen LogP contribution is 2.18. The number of nitrogens with one attached hydrogen (secondary N) is 2. The van der Waals surface area contributed by atoms with Crippen molar-refractivity contribution in [1.82, 2.24) is 10.3 Å². The van der Waals surface area contributed by atoms with E-state index in [9.17, 15) is 4.79 Å². The van der Waals surface area contributed by atoms with Crippen LogP contribution in [-0.4, -0.2) is 17.9 Å². The molecule has 0 spiro atoms. The first-order valence-corrected chi connectivity index (χ1v) is 7.53. The van der Waals surface area contributed by atoms with Crippen molar-refractivity contribution < 1.29 is 4.79 Å². The molecular weight excluding hydrogens is 294 g/mol. The van der Waals surface area contributed by atoms with E-state index in [1.807, 2.05) is 6.07 Å². The fraction of sp³-hybridized carbons (Fsp3) is 0.286. The number of rotatable bonds is 5. The lowest BCUT2D eigenvalue weighted by Crippen LogP contribution is -2.24. The Morgan fingerprint density at radius 2 is 2.05 bits per heavy atom. The zero-order valence-electron chi connectivity index (χ0n) is 11.4. The number of amides is 1. The van der Waals surface area contributed by atoms with E-state index in [-0.39, 0.29) is 11.6 Å². The lowest BCUT2D eigenvalue weighted by atomic mass is 10.3. The van der Waals surface area contributed by atoms with E-state index in [1.165, 1.54) is 4.88 Å². The average molecular weight is 310 g/mol. The second-order valence-electron chi connectivity index (χ2n) is 4.18. The number of hydrogen-bond acceptors (Lipinski definition) is 4. The minimum Gasteiger partial charge on any atom is -0.373 e. The second-order valence-corrected chi connectivity index (χ2v) is 5.84. The molecule has 0 aromatic carbocycles. The Balaban J connectivity index is 2.04. The van der Waals surface area contributed by atoms with Crippen LogP contribution >= 0.6 is 22.9 Å². The highest BCUT2D eigenvalue weighted by atomic mass is 35.5. The van der Waals surface area contributed by atoms with Crippen LogP contribution in [0.2, 0.25) is 5.02 Å². The summed E-state index contributed by atoms with van der Waals surface area (Å²) < 4.78 is 0. The van der Waals surface area contributed by atoms with Crippen LogP contribution in [0.1, 0.15) is 27.2 Å². The van der Waals surface area contributed by atoms with Gasteiger partial charge in [0.05, 0.1) is 11.6 Å². The third kappa shape index (κ3) is 3.49. The normalized spacial score (nSPS) is 10.3. The molecule has 0 unspecified atom stereocenters. The molecule has 0 fully saturated rings. The molecule has 0 aliphatic rings. The fourth-order valence-corrected chi connectivity index (χ4v) is 2.79. The molecule has 0 saturated heterocycles. The van der Waals surface area contributed by atoms with E-state index in [0.717, 1.165) is 11.3 Å². The maximum Gasteiger partial charge on any atom is 0.271 e. The van der Waals surface area contributed by atoms with Crippen molar-refractivity contribution in [2.45, 2.75) is 19.9 Å². The first-order chi connectivity index (χ1) is 9.63. The van der Waals surface area contributed by atoms with E-state index >= 15 is 0 Å². The predicted molar refractivity (Wildman–Crippen MR) is 83.7 cm³/mol. The topological polar surface area (TPSA) is 54.0 Å². The van der Waals surface area contributed by atoms with Gasteiger partial charge in [-0.1, -0.05) is 18.5 Å². The quantitative estimate of drug-likeness (QED) is 0.890. The van der Waals surface area contributed by atoms with Gasteiger partial charge in [0.15, 0.2) is 0 Å². The largest absolute Gasteiger partial charge is 0.373 e. The Kier molecular flexibility index (Phi) is 4.98. The van der Waals surface area contributed by atoms with Crippen LogP contribution in [0.3, 0.4) is 0 Å². The molecule has 2 rings (SSSR count). The van der Waals surface area contributed by atoms with Crippen molar-refractivity contribution >= 4 is 34.7 Å². The summed E-state index contributed by atoms with van der Waals surface area (Å²) in [4.78, 5) is 18.7. The van der Waals surface area contributed by atoms with E-state index in [0.29, 0.717) is 17.4 Å². The van der Waals surface area contributed by atoms with E-state index < -0.39 is 0 Å². The van der Waals surface area contributed by atoms with Crippen molar-refractivity contribution in [2.24, 2.45) is 0 Å². The summed E-state index contributed by atoms with van der Waals surface area (Å²) in [6.07, 6.45) is 1.01. The van der Waals surface area contributed by atoms with Crippen LogP contribution in [0.5, 0.6) is 0 Å². The standard InChI is InChI=1S/C14H16ClN3OS/c1-3-9-4-5-10(20-9)8-17-14(19)13-11(15)6-7-12(16-2)18-13/h4-7H,3,8H2,1-2H3,(H,16,18)(H,17,19). The highest BCUT2D eigenvalue weighted by Gasteiger charge is 2.13. The minimum atomic E-state index is -0.265. The van der Waals surface area contributed by atoms with E-state index in [4.69, 9.17) is 11.6 Å². The van der Waals surface area contributed by atoms with E-state index in [1.54, 1.807) is 30.5 Å². The number of aryl methyl sites for hydroxylation is 1. The first-order valence-electron chi connectivity index (χ1n) is 6.34. The Morgan fingerprint density at radius 3 is 2.70 bits per heavy atom. The fourth-order valence-electron chi connectivity index (χ4n) is 1.70. The third-order valence-electron chi connectivity index (χ3n) is 2.81. The smallest absolute Gasteiger partial charge is 0.271 e. The van der Waals surface area contributed by atoms with Crippen molar-refractivity contribution in [2.75, 3.05) is 12.4 Å². The molecule has 2 aromatic rings. The SMILES string of the molecule is CCc1ccc(CNC(=O)c2nc(NC)ccc2Cl)s1. The van der Waals surface area contributed by atoms with Gasteiger partial charge in [-0.2, -0.15) is 0 Å².